The molecule has 31 valence electrons. The molecule has 0 bridgehead atoms. The van der Waals surface area contributed by atoms with Gasteiger partial charge in [0, 0.05) is 0 Å². The fraction of sp³-hybridized carbons (Fsp3) is 0. The molecule has 0 radical (unpaired) electrons. The van der Waals surface area contributed by atoms with Crippen molar-refractivity contribution in [3.8, 4) is 0 Å². The molecular weight excluding hydrogens is 86.9 g/mol. The summed E-state index contributed by atoms with van der Waals surface area (Å²) in [6.07, 6.45) is 0. The third-order valence-electron chi connectivity index (χ3n) is 0. The zero-order valence-electron chi connectivity index (χ0n) is 3.04. The summed E-state index contributed by atoms with van der Waals surface area (Å²) in [5.74, 6) is 0. The minimum absolute atomic E-state index is 7.85. The van der Waals surface area contributed by atoms with Crippen molar-refractivity contribution in [3.63, 3.8) is 0 Å². The van der Waals surface area contributed by atoms with Crippen molar-refractivity contribution in [1.29, 1.82) is 0 Å². The van der Waals surface area contributed by atoms with Crippen molar-refractivity contribution >= 4 is 12.9 Å². The van der Waals surface area contributed by atoms with Crippen LogP contribution in [-0.2, 0) is 18.2 Å². The Morgan fingerprint density at radius 2 is 0.667 bits per heavy atom. The molecule has 6 heteroatoms. The van der Waals surface area contributed by atoms with Crippen molar-refractivity contribution < 1.29 is 18.2 Å². The van der Waals surface area contributed by atoms with Crippen LogP contribution in [0, 0.1) is 0 Å². The first-order chi connectivity index (χ1) is 2.24. The third kappa shape index (κ3) is 150. The Bertz CT molecular complexity index is 274. The summed E-state index contributed by atoms with van der Waals surface area (Å²) in [7, 11) is 0. The van der Waals surface area contributed by atoms with Crippen LogP contribution in [0.25, 0.3) is 0 Å². The first kappa shape index (κ1) is 5.60. The second-order valence-electron chi connectivity index (χ2n) is 1.67. The fourth-order valence-corrected chi connectivity index (χ4v) is 0. The zero-order chi connectivity index (χ0) is 5.45. The average molecular weight is 86.9 g/mol. The van der Waals surface area contributed by atoms with Crippen LogP contribution in [-0.4, -0.2) is 12.9 Å². The van der Waals surface area contributed by atoms with Crippen molar-refractivity contribution in [1.82, 2.24) is 0 Å². The molecule has 0 atom stereocenters. The van der Waals surface area contributed by atoms with Crippen LogP contribution < -0.4 is 0 Å². The van der Waals surface area contributed by atoms with Gasteiger partial charge in [-0.05, 0) is 0 Å². The van der Waals surface area contributed by atoms with Gasteiger partial charge in [0.1, 0.15) is 0 Å². The molecule has 0 saturated heterocycles. The Hall–Kier alpha value is -0.403. The molecule has 0 rings (SSSR count). The van der Waals surface area contributed by atoms with E-state index in [0.29, 0.717) is 0 Å². The van der Waals surface area contributed by atoms with Gasteiger partial charge < -0.3 is 0 Å². The van der Waals surface area contributed by atoms with Crippen LogP contribution in [0.1, 0.15) is 0 Å². The van der Waals surface area contributed by atoms with E-state index in [-0.39, 0.29) is 0 Å². The summed E-state index contributed by atoms with van der Waals surface area (Å²) < 4.78 is 43.2. The number of hydrogen-bond acceptors (Lipinski definition) is 5. The number of rotatable bonds is 0. The van der Waals surface area contributed by atoms with Crippen LogP contribution in [0.5, 0.6) is 0 Å². The maximum atomic E-state index is 8.65. The third-order valence-corrected chi connectivity index (χ3v) is 0. The van der Waals surface area contributed by atoms with Crippen LogP contribution in [0.4, 0.5) is 0 Å². The Labute approximate surface area is 31.9 Å². The molecule has 0 aromatic heterocycles. The molecule has 0 aromatic rings. The summed E-state index contributed by atoms with van der Waals surface area (Å²) in [5.41, 5.74) is 0. The Balaban J connectivity index is 7.45. The molecular formula is LiO5. The molecule has 0 aliphatic rings. The molecule has 0 aliphatic heterocycles. The van der Waals surface area contributed by atoms with Crippen LogP contribution in [0.3, 0.4) is 0 Å². The maximum absolute atomic E-state index is 8.65. The predicted molar refractivity (Wildman–Crippen MR) is 9.19 cm³/mol. The summed E-state index contributed by atoms with van der Waals surface area (Å²) in [6.45, 7) is 0. The summed E-state index contributed by atoms with van der Waals surface area (Å²) in [6, 6.07) is 0. The quantitative estimate of drug-likeness (QED) is 0.354. The summed E-state index contributed by atoms with van der Waals surface area (Å²) in [5, 5.41) is 0. The van der Waals surface area contributed by atoms with Crippen molar-refractivity contribution in [3.05, 3.63) is 0 Å². The van der Waals surface area contributed by atoms with Crippen molar-refractivity contribution in [2.45, 2.75) is 0 Å². The molecule has 5 nitrogen and oxygen atoms in total. The molecule has 0 aromatic carbocycles. The second kappa shape index (κ2) is 0.646. The SMILES string of the molecule is [O]=[Li](=[O])(=[O])(=[O])=[O]. The molecule has 0 saturated carbocycles. The first-order valence-corrected chi connectivity index (χ1v) is 2.04. The van der Waals surface area contributed by atoms with Gasteiger partial charge in [-0.25, -0.2) is 0 Å². The molecule has 0 N–H and O–H groups in total. The van der Waals surface area contributed by atoms with Gasteiger partial charge in [0.25, 0.3) is 0 Å². The Kier molecular flexibility index (Phi) is 0.603. The van der Waals surface area contributed by atoms with E-state index in [9.17, 15) is 0 Å². The fourth-order valence-electron chi connectivity index (χ4n) is 0. The Morgan fingerprint density at radius 1 is 0.667 bits per heavy atom. The van der Waals surface area contributed by atoms with E-state index < -0.39 is 12.9 Å². The standard InChI is InChI=1S/Li.5O. The van der Waals surface area contributed by atoms with Crippen LogP contribution >= 0.6 is 0 Å². The summed E-state index contributed by atoms with van der Waals surface area (Å²) >= 11 is -7.85. The van der Waals surface area contributed by atoms with Crippen LogP contribution in [0.2, 0.25) is 0 Å². The molecule has 0 aliphatic carbocycles. The summed E-state index contributed by atoms with van der Waals surface area (Å²) in [4.78, 5) is 0. The van der Waals surface area contributed by atoms with Gasteiger partial charge >= 0.3 is 31.1 Å². The molecule has 0 heterocycles. The van der Waals surface area contributed by atoms with E-state index in [1.165, 1.54) is 0 Å². The van der Waals surface area contributed by atoms with Crippen LogP contribution in [0.15, 0.2) is 0 Å². The predicted octanol–water partition coefficient (Wildman–Crippen LogP) is -0.975. The normalized spacial score (nSPS) is 18.3. The van der Waals surface area contributed by atoms with Gasteiger partial charge in [0.15, 0.2) is 0 Å². The molecule has 6 heavy (non-hydrogen) atoms. The molecule has 0 spiro atoms. The molecule has 0 unspecified atom stereocenters. The van der Waals surface area contributed by atoms with Gasteiger partial charge in [-0.1, -0.05) is 0 Å². The van der Waals surface area contributed by atoms with Gasteiger partial charge in [0.05, 0.1) is 0 Å². The topological polar surface area (TPSA) is 85.3 Å². The van der Waals surface area contributed by atoms with E-state index in [0.717, 1.165) is 0 Å². The van der Waals surface area contributed by atoms with E-state index in [4.69, 9.17) is 18.2 Å². The van der Waals surface area contributed by atoms with Gasteiger partial charge in [-0.15, -0.1) is 0 Å². The Morgan fingerprint density at radius 3 is 0.667 bits per heavy atom. The molecule has 0 fully saturated rings. The monoisotopic (exact) mass is 87.0 g/mol. The minimum atomic E-state index is -7.85. The first-order valence-electron chi connectivity index (χ1n) is 2.04. The zero-order valence-corrected chi connectivity index (χ0v) is 3.04. The second-order valence-corrected chi connectivity index (χ2v) is 1.67. The van der Waals surface area contributed by atoms with Gasteiger partial charge in [0.2, 0.25) is 0 Å². The van der Waals surface area contributed by atoms with E-state index >= 15 is 0 Å². The number of hydrogen-bond donors (Lipinski definition) is 0. The van der Waals surface area contributed by atoms with Crippen molar-refractivity contribution in [2.75, 3.05) is 0 Å². The van der Waals surface area contributed by atoms with Gasteiger partial charge in [-0.2, -0.15) is 0 Å². The average Bonchev–Trinajstić information content (AvgIpc) is 0.650. The van der Waals surface area contributed by atoms with E-state index in [1.54, 1.807) is 0 Å². The van der Waals surface area contributed by atoms with Gasteiger partial charge in [-0.3, -0.25) is 0 Å². The van der Waals surface area contributed by atoms with E-state index in [1.807, 2.05) is 0 Å². The van der Waals surface area contributed by atoms with Crippen molar-refractivity contribution in [2.24, 2.45) is 0 Å². The van der Waals surface area contributed by atoms with E-state index in [2.05, 4.69) is 0 Å². The molecule has 0 amide bonds.